The first kappa shape index (κ1) is 17.1. The van der Waals surface area contributed by atoms with Crippen LogP contribution in [-0.2, 0) is 4.79 Å². The molecular weight excluding hydrogens is 271 g/mol. The second-order valence-electron chi connectivity index (χ2n) is 4.11. The molecule has 0 aliphatic heterocycles. The van der Waals surface area contributed by atoms with Gasteiger partial charge in [0.05, 0.1) is 0 Å². The first-order valence-corrected chi connectivity index (χ1v) is 6.34. The van der Waals surface area contributed by atoms with E-state index in [4.69, 9.17) is 11.6 Å². The average molecular weight is 290 g/mol. The van der Waals surface area contributed by atoms with E-state index in [1.165, 1.54) is 0 Å². The van der Waals surface area contributed by atoms with E-state index in [1.54, 1.807) is 0 Å². The summed E-state index contributed by atoms with van der Waals surface area (Å²) in [5.74, 6) is -0.204. The number of amides is 1. The molecule has 0 saturated heterocycles. The number of alkyl halides is 1. The number of carbonyl (C=O) groups is 1. The first-order chi connectivity index (χ1) is 8.08. The Labute approximate surface area is 120 Å². The highest BCUT2D eigenvalue weighted by atomic mass is 35.5. The molecule has 0 bridgehead atoms. The molecule has 0 spiro atoms. The van der Waals surface area contributed by atoms with Gasteiger partial charge in [0.2, 0.25) is 5.91 Å². The normalized spacial score (nSPS) is 9.83. The monoisotopic (exact) mass is 289 g/mol. The summed E-state index contributed by atoms with van der Waals surface area (Å²) >= 11 is 5.43. The predicted molar refractivity (Wildman–Crippen MR) is 73.9 cm³/mol. The van der Waals surface area contributed by atoms with E-state index < -0.39 is 0 Å². The zero-order chi connectivity index (χ0) is 12.8. The van der Waals surface area contributed by atoms with E-state index in [0.29, 0.717) is 6.04 Å². The van der Waals surface area contributed by atoms with Crippen molar-refractivity contribution >= 4 is 28.9 Å². The van der Waals surface area contributed by atoms with E-state index in [1.807, 2.05) is 24.3 Å². The summed E-state index contributed by atoms with van der Waals surface area (Å²) in [6, 6.07) is 8.26. The fraction of sp³-hybridized carbons (Fsp3) is 0.462. The number of hydrogen-bond donors (Lipinski definition) is 1. The van der Waals surface area contributed by atoms with Crippen molar-refractivity contribution in [2.45, 2.75) is 26.8 Å². The number of nitrogens with one attached hydrogen (secondary N) is 1. The number of rotatable bonds is 5. The van der Waals surface area contributed by atoms with Crippen LogP contribution >= 0.6 is 11.6 Å². The molecule has 1 rings (SSSR count). The smallest absolute Gasteiger partial charge is 0.239 e. The van der Waals surface area contributed by atoms with Crippen molar-refractivity contribution in [3.8, 4) is 0 Å². The van der Waals surface area contributed by atoms with E-state index in [0.717, 1.165) is 17.9 Å². The lowest BCUT2D eigenvalue weighted by molar-refractivity contribution is -0.113. The molecule has 0 aliphatic carbocycles. The molecule has 1 N–H and O–H groups in total. The number of hydrogen-bond acceptors (Lipinski definition) is 2. The van der Waals surface area contributed by atoms with Crippen LogP contribution in [0.5, 0.6) is 0 Å². The van der Waals surface area contributed by atoms with Crippen molar-refractivity contribution in [2.75, 3.05) is 22.6 Å². The first-order valence-electron chi connectivity index (χ1n) is 5.81. The molecule has 0 heterocycles. The lowest BCUT2D eigenvalue weighted by Crippen LogP contribution is -3.00. The zero-order valence-electron chi connectivity index (χ0n) is 10.9. The van der Waals surface area contributed by atoms with Gasteiger partial charge in [0, 0.05) is 24.0 Å². The highest BCUT2D eigenvalue weighted by Crippen LogP contribution is 2.19. The fourth-order valence-corrected chi connectivity index (χ4v) is 1.84. The molecule has 102 valence electrons. The summed E-state index contributed by atoms with van der Waals surface area (Å²) in [5.41, 5.74) is 1.94. The summed E-state index contributed by atoms with van der Waals surface area (Å²) in [6.07, 6.45) is 0. The number of benzene rings is 1. The lowest BCUT2D eigenvalue weighted by Gasteiger charge is -2.27. The van der Waals surface area contributed by atoms with Gasteiger partial charge in [-0.05, 0) is 45.0 Å². The highest BCUT2D eigenvalue weighted by Gasteiger charge is 2.08. The largest absolute Gasteiger partial charge is 1.00 e. The fourth-order valence-electron chi connectivity index (χ4n) is 1.78. The lowest BCUT2D eigenvalue weighted by atomic mass is 10.2. The molecule has 0 aromatic heterocycles. The Morgan fingerprint density at radius 3 is 2.28 bits per heavy atom. The molecule has 0 radical (unpaired) electrons. The van der Waals surface area contributed by atoms with Crippen LogP contribution in [0.15, 0.2) is 24.3 Å². The van der Waals surface area contributed by atoms with Crippen molar-refractivity contribution < 1.29 is 17.2 Å². The summed E-state index contributed by atoms with van der Waals surface area (Å²) < 4.78 is 0. The van der Waals surface area contributed by atoms with Crippen molar-refractivity contribution in [3.63, 3.8) is 0 Å². The van der Waals surface area contributed by atoms with Gasteiger partial charge in [0.1, 0.15) is 5.88 Å². The van der Waals surface area contributed by atoms with Crippen LogP contribution in [0.2, 0.25) is 0 Å². The molecular formula is C13H19Cl2N2O-. The summed E-state index contributed by atoms with van der Waals surface area (Å²) in [5, 5.41) is 2.72. The van der Waals surface area contributed by atoms with E-state index in [2.05, 4.69) is 31.0 Å². The molecule has 0 unspecified atom stereocenters. The topological polar surface area (TPSA) is 32.3 Å². The minimum Gasteiger partial charge on any atom is -1.00 e. The maximum absolute atomic E-state index is 11.1. The van der Waals surface area contributed by atoms with Crippen LogP contribution in [0.3, 0.4) is 0 Å². The maximum atomic E-state index is 11.1. The SMILES string of the molecule is CCN(c1ccc(NC(=O)CCl)cc1)C(C)C.[Cl-]. The Morgan fingerprint density at radius 1 is 1.33 bits per heavy atom. The van der Waals surface area contributed by atoms with Gasteiger partial charge in [0.15, 0.2) is 0 Å². The van der Waals surface area contributed by atoms with Crippen molar-refractivity contribution in [1.29, 1.82) is 0 Å². The van der Waals surface area contributed by atoms with Gasteiger partial charge in [0.25, 0.3) is 0 Å². The van der Waals surface area contributed by atoms with Gasteiger partial charge >= 0.3 is 0 Å². The Kier molecular flexibility index (Phi) is 7.80. The Bertz CT molecular complexity index is 366. The van der Waals surface area contributed by atoms with Crippen LogP contribution in [0.4, 0.5) is 11.4 Å². The molecule has 3 nitrogen and oxygen atoms in total. The van der Waals surface area contributed by atoms with Gasteiger partial charge in [-0.1, -0.05) is 0 Å². The zero-order valence-corrected chi connectivity index (χ0v) is 12.4. The van der Waals surface area contributed by atoms with Crippen LogP contribution in [0.25, 0.3) is 0 Å². The van der Waals surface area contributed by atoms with Gasteiger partial charge in [-0.15, -0.1) is 11.6 Å². The number of halogens is 2. The Hall–Kier alpha value is -0.930. The van der Waals surface area contributed by atoms with Crippen LogP contribution in [0.1, 0.15) is 20.8 Å². The molecule has 0 aliphatic rings. The molecule has 1 aromatic rings. The highest BCUT2D eigenvalue weighted by molar-refractivity contribution is 6.29. The summed E-state index contributed by atoms with van der Waals surface area (Å²) in [7, 11) is 0. The minimum atomic E-state index is -0.185. The molecule has 1 amide bonds. The second-order valence-corrected chi connectivity index (χ2v) is 4.38. The summed E-state index contributed by atoms with van der Waals surface area (Å²) in [4.78, 5) is 13.4. The van der Waals surface area contributed by atoms with Crippen molar-refractivity contribution in [3.05, 3.63) is 24.3 Å². The number of carbonyl (C=O) groups excluding carboxylic acids is 1. The molecule has 0 fully saturated rings. The number of anilines is 2. The number of nitrogens with zero attached hydrogens (tertiary/aromatic N) is 1. The third-order valence-corrected chi connectivity index (χ3v) is 2.81. The third-order valence-electron chi connectivity index (χ3n) is 2.57. The van der Waals surface area contributed by atoms with Crippen LogP contribution < -0.4 is 22.6 Å². The Morgan fingerprint density at radius 2 is 1.89 bits per heavy atom. The van der Waals surface area contributed by atoms with Gasteiger partial charge in [-0.25, -0.2) is 0 Å². The average Bonchev–Trinajstić information content (AvgIpc) is 2.31. The molecule has 0 atom stereocenters. The van der Waals surface area contributed by atoms with Crippen molar-refractivity contribution in [1.82, 2.24) is 0 Å². The molecule has 18 heavy (non-hydrogen) atoms. The predicted octanol–water partition coefficient (Wildman–Crippen LogP) is 0.103. The summed E-state index contributed by atoms with van der Waals surface area (Å²) in [6.45, 7) is 7.41. The quantitative estimate of drug-likeness (QED) is 0.780. The standard InChI is InChI=1S/C13H19ClN2O.ClH/c1-4-16(10(2)3)12-7-5-11(6-8-12)15-13(17)9-14;/h5-8,10H,4,9H2,1-3H3,(H,15,17);1H/p-1. The van der Waals surface area contributed by atoms with Crippen molar-refractivity contribution in [2.24, 2.45) is 0 Å². The third kappa shape index (κ3) is 4.75. The van der Waals surface area contributed by atoms with Crippen LogP contribution in [-0.4, -0.2) is 24.4 Å². The molecule has 1 aromatic carbocycles. The van der Waals surface area contributed by atoms with Gasteiger partial charge in [-0.3, -0.25) is 4.79 Å². The van der Waals surface area contributed by atoms with Crippen LogP contribution in [0, 0.1) is 0 Å². The minimum absolute atomic E-state index is 0. The van der Waals surface area contributed by atoms with Gasteiger partial charge < -0.3 is 22.6 Å². The van der Waals surface area contributed by atoms with E-state index >= 15 is 0 Å². The van der Waals surface area contributed by atoms with Gasteiger partial charge in [-0.2, -0.15) is 0 Å². The molecule has 5 heteroatoms. The maximum Gasteiger partial charge on any atom is 0.239 e. The Balaban J connectivity index is 0.00000289. The van der Waals surface area contributed by atoms with E-state index in [9.17, 15) is 4.79 Å². The van der Waals surface area contributed by atoms with E-state index in [-0.39, 0.29) is 24.2 Å². The molecule has 0 saturated carbocycles. The second kappa shape index (κ2) is 8.22.